The molecule has 0 aliphatic heterocycles. The maximum absolute atomic E-state index is 10.2. The summed E-state index contributed by atoms with van der Waals surface area (Å²) in [4.78, 5) is 10.2. The highest BCUT2D eigenvalue weighted by atomic mass is 16.4. The average Bonchev–Trinajstić information content (AvgIpc) is 2.18. The normalized spacial score (nSPS) is 11.1. The summed E-state index contributed by atoms with van der Waals surface area (Å²) < 4.78 is 0. The fraction of sp³-hybridized carbons (Fsp3) is 0.933. The molecule has 0 aromatic carbocycles. The molecule has 3 nitrogen and oxygen atoms in total. The molecule has 0 saturated carbocycles. The standard InChI is InChI=1S/C15H30O2.H3N/c1-15(2,3)13-11-9-7-5-4-6-8-10-12-14(16)17;/h4-13H2,1-3H3,(H,16,17);1H3. The van der Waals surface area contributed by atoms with Crippen LogP contribution < -0.4 is 11.3 Å². The van der Waals surface area contributed by atoms with Gasteiger partial charge in [0, 0.05) is 5.97 Å². The third-order valence-electron chi connectivity index (χ3n) is 3.06. The predicted octanol–water partition coefficient (Wildman–Crippen LogP) is 4.06. The van der Waals surface area contributed by atoms with Crippen LogP contribution in [0.2, 0.25) is 0 Å². The van der Waals surface area contributed by atoms with Gasteiger partial charge in [0.25, 0.3) is 0 Å². The first kappa shape index (κ1) is 19.8. The monoisotopic (exact) mass is 259 g/mol. The van der Waals surface area contributed by atoms with Crippen LogP contribution in [0, 0.1) is 5.41 Å². The number of unbranched alkanes of at least 4 members (excludes halogenated alkanes) is 7. The van der Waals surface area contributed by atoms with Gasteiger partial charge in [0.1, 0.15) is 0 Å². The highest BCUT2D eigenvalue weighted by Gasteiger charge is 2.08. The van der Waals surface area contributed by atoms with Crippen molar-refractivity contribution in [3.05, 3.63) is 0 Å². The van der Waals surface area contributed by atoms with Gasteiger partial charge in [-0.05, 0) is 24.7 Å². The van der Waals surface area contributed by atoms with E-state index < -0.39 is 5.97 Å². The first-order valence-electron chi connectivity index (χ1n) is 7.12. The van der Waals surface area contributed by atoms with E-state index in [1.54, 1.807) is 0 Å². The van der Waals surface area contributed by atoms with Gasteiger partial charge in [-0.3, -0.25) is 0 Å². The van der Waals surface area contributed by atoms with Crippen molar-refractivity contribution in [3.63, 3.8) is 0 Å². The molecule has 4 N–H and O–H groups in total. The third-order valence-corrected chi connectivity index (χ3v) is 3.06. The summed E-state index contributed by atoms with van der Waals surface area (Å²) in [5.41, 5.74) is 0.477. The number of aliphatic carboxylic acids is 1. The summed E-state index contributed by atoms with van der Waals surface area (Å²) >= 11 is 0. The van der Waals surface area contributed by atoms with Crippen LogP contribution in [-0.4, -0.2) is 5.97 Å². The second-order valence-electron chi connectivity index (χ2n) is 6.26. The number of quaternary nitrogens is 1. The van der Waals surface area contributed by atoms with Crippen LogP contribution in [0.5, 0.6) is 0 Å². The molecule has 0 unspecified atom stereocenters. The van der Waals surface area contributed by atoms with Gasteiger partial charge in [0.2, 0.25) is 0 Å². The van der Waals surface area contributed by atoms with Gasteiger partial charge >= 0.3 is 0 Å². The molecule has 18 heavy (non-hydrogen) atoms. The number of carbonyl (C=O) groups excluding carboxylic acids is 1. The van der Waals surface area contributed by atoms with Crippen molar-refractivity contribution in [2.24, 2.45) is 5.41 Å². The van der Waals surface area contributed by atoms with E-state index in [-0.39, 0.29) is 12.6 Å². The fourth-order valence-corrected chi connectivity index (χ4v) is 1.99. The molecule has 0 bridgehead atoms. The lowest BCUT2D eigenvalue weighted by Gasteiger charge is -2.17. The maximum Gasteiger partial charge on any atom is 0.0414 e. The van der Waals surface area contributed by atoms with Gasteiger partial charge in [-0.25, -0.2) is 0 Å². The van der Waals surface area contributed by atoms with Gasteiger partial charge in [0.05, 0.1) is 0 Å². The Hall–Kier alpha value is -0.570. The highest BCUT2D eigenvalue weighted by Crippen LogP contribution is 2.22. The van der Waals surface area contributed by atoms with Gasteiger partial charge in [0.15, 0.2) is 0 Å². The van der Waals surface area contributed by atoms with Crippen LogP contribution in [-0.2, 0) is 4.79 Å². The average molecular weight is 259 g/mol. The zero-order chi connectivity index (χ0) is 13.1. The summed E-state index contributed by atoms with van der Waals surface area (Å²) in [5, 5.41) is 10.2. The lowest BCUT2D eigenvalue weighted by molar-refractivity contribution is -0.305. The smallest absolute Gasteiger partial charge is 0.0414 e. The van der Waals surface area contributed by atoms with Crippen LogP contribution in [0.1, 0.15) is 85.0 Å². The minimum absolute atomic E-state index is 0. The maximum atomic E-state index is 10.2. The molecule has 0 amide bonds. The molecule has 0 atom stereocenters. The van der Waals surface area contributed by atoms with E-state index in [0.29, 0.717) is 5.41 Å². The molecule has 0 heterocycles. The van der Waals surface area contributed by atoms with Crippen LogP contribution in [0.25, 0.3) is 0 Å². The molecule has 0 fully saturated rings. The highest BCUT2D eigenvalue weighted by molar-refractivity contribution is 5.63. The molecule has 0 aliphatic rings. The topological polar surface area (TPSA) is 76.6 Å². The molecule has 0 aliphatic carbocycles. The second kappa shape index (κ2) is 11.5. The Morgan fingerprint density at radius 2 is 1.22 bits per heavy atom. The summed E-state index contributed by atoms with van der Waals surface area (Å²) in [5.74, 6) is -0.910. The summed E-state index contributed by atoms with van der Waals surface area (Å²) in [6.07, 6.45) is 11.1. The van der Waals surface area contributed by atoms with E-state index in [1.807, 2.05) is 0 Å². The van der Waals surface area contributed by atoms with E-state index in [0.717, 1.165) is 12.8 Å². The predicted molar refractivity (Wildman–Crippen MR) is 76.6 cm³/mol. The number of hydrogen-bond acceptors (Lipinski definition) is 2. The Labute approximate surface area is 113 Å². The van der Waals surface area contributed by atoms with Crippen molar-refractivity contribution in [2.75, 3.05) is 0 Å². The van der Waals surface area contributed by atoms with Crippen molar-refractivity contribution < 1.29 is 9.90 Å². The molecule has 0 radical (unpaired) electrons. The number of rotatable bonds is 10. The van der Waals surface area contributed by atoms with Crippen molar-refractivity contribution in [1.29, 1.82) is 0 Å². The molecular weight excluding hydrogens is 226 g/mol. The Balaban J connectivity index is 0. The van der Waals surface area contributed by atoms with E-state index in [4.69, 9.17) is 0 Å². The number of hydrogen-bond donors (Lipinski definition) is 1. The first-order chi connectivity index (χ1) is 7.92. The molecule has 0 rings (SSSR count). The molecule has 0 saturated heterocycles. The lowest BCUT2D eigenvalue weighted by atomic mass is 9.89. The molecule has 0 aromatic rings. The van der Waals surface area contributed by atoms with E-state index in [2.05, 4.69) is 20.8 Å². The van der Waals surface area contributed by atoms with Crippen molar-refractivity contribution >= 4 is 5.97 Å². The third kappa shape index (κ3) is 17.8. The Morgan fingerprint density at radius 1 is 0.833 bits per heavy atom. The largest absolute Gasteiger partial charge is 0.550 e. The Kier molecular flexibility index (Phi) is 12.6. The van der Waals surface area contributed by atoms with Crippen molar-refractivity contribution in [2.45, 2.75) is 85.0 Å². The molecule has 0 aromatic heterocycles. The van der Waals surface area contributed by atoms with Gasteiger partial charge in [-0.2, -0.15) is 0 Å². The number of carbonyl (C=O) groups is 1. The van der Waals surface area contributed by atoms with Crippen LogP contribution in [0.3, 0.4) is 0 Å². The molecular formula is C15H33NO2. The van der Waals surface area contributed by atoms with Crippen molar-refractivity contribution in [3.8, 4) is 0 Å². The zero-order valence-corrected chi connectivity index (χ0v) is 12.9. The number of carboxylic acid groups (broad SMARTS) is 1. The molecule has 110 valence electrons. The SMILES string of the molecule is CC(C)(C)CCCCCCCCCCC(=O)[O-].[NH4+]. The van der Waals surface area contributed by atoms with Crippen molar-refractivity contribution in [1.82, 2.24) is 6.15 Å². The number of carboxylic acids is 1. The van der Waals surface area contributed by atoms with Gasteiger partial charge in [-0.15, -0.1) is 0 Å². The summed E-state index contributed by atoms with van der Waals surface area (Å²) in [7, 11) is 0. The zero-order valence-electron chi connectivity index (χ0n) is 12.9. The Morgan fingerprint density at radius 3 is 1.61 bits per heavy atom. The van der Waals surface area contributed by atoms with E-state index >= 15 is 0 Å². The summed E-state index contributed by atoms with van der Waals surface area (Å²) in [6.45, 7) is 6.89. The second-order valence-corrected chi connectivity index (χ2v) is 6.26. The van der Waals surface area contributed by atoms with Gasteiger partial charge < -0.3 is 16.1 Å². The van der Waals surface area contributed by atoms with E-state index in [9.17, 15) is 9.90 Å². The molecule has 0 spiro atoms. The van der Waals surface area contributed by atoms with Crippen LogP contribution in [0.15, 0.2) is 0 Å². The summed E-state index contributed by atoms with van der Waals surface area (Å²) in [6, 6.07) is 0. The Bertz CT molecular complexity index is 197. The van der Waals surface area contributed by atoms with Gasteiger partial charge in [-0.1, -0.05) is 65.7 Å². The minimum atomic E-state index is -0.910. The first-order valence-corrected chi connectivity index (χ1v) is 7.12. The quantitative estimate of drug-likeness (QED) is 0.600. The van der Waals surface area contributed by atoms with E-state index in [1.165, 1.54) is 44.9 Å². The fourth-order valence-electron chi connectivity index (χ4n) is 1.99. The molecule has 3 heteroatoms. The lowest BCUT2D eigenvalue weighted by Crippen LogP contribution is -2.21. The van der Waals surface area contributed by atoms with Crippen LogP contribution >= 0.6 is 0 Å². The van der Waals surface area contributed by atoms with Crippen LogP contribution in [0.4, 0.5) is 0 Å². The minimum Gasteiger partial charge on any atom is -0.550 e.